The van der Waals surface area contributed by atoms with E-state index in [9.17, 15) is 44.7 Å². The van der Waals surface area contributed by atoms with E-state index in [0.717, 1.165) is 63.4 Å². The molecule has 3 aliphatic rings. The second-order valence-corrected chi connectivity index (χ2v) is 21.6. The first-order chi connectivity index (χ1) is 34.7. The van der Waals surface area contributed by atoms with Crippen LogP contribution in [-0.4, -0.2) is 117 Å². The van der Waals surface area contributed by atoms with Crippen molar-refractivity contribution in [3.8, 4) is 23.0 Å². The molecule has 11 nitrogen and oxygen atoms in total. The first kappa shape index (κ1) is 56.5. The molecule has 4 heterocycles. The summed E-state index contributed by atoms with van der Waals surface area (Å²) in [5.74, 6) is -2.72. The molecule has 24 heteroatoms. The number of anilines is 1. The number of allylic oxidation sites excluding steroid dienone is 2. The molecule has 3 fully saturated rings. The minimum Gasteiger partial charge on any atom is -0.394 e. The van der Waals surface area contributed by atoms with Gasteiger partial charge in [-0.05, 0) is 125 Å². The van der Waals surface area contributed by atoms with Gasteiger partial charge in [-0.2, -0.15) is 40.2 Å². The Morgan fingerprint density at radius 2 is 1.62 bits per heavy atom. The van der Waals surface area contributed by atoms with E-state index in [4.69, 9.17) is 22.3 Å². The van der Waals surface area contributed by atoms with Crippen LogP contribution >= 0.6 is 35.3 Å². The number of hydrogen-bond acceptors (Lipinski definition) is 9. The molecule has 0 bridgehead atoms. The van der Waals surface area contributed by atoms with Crippen LogP contribution in [0.15, 0.2) is 58.7 Å². The number of alkyl halides is 8. The van der Waals surface area contributed by atoms with Crippen molar-refractivity contribution in [3.05, 3.63) is 87.3 Å². The molecule has 74 heavy (non-hydrogen) atoms. The standard InChI is InChI=1S/C50H54ClF10N9O2S2/c1-28-25-48(54,55)44(39(28)43(62)50(59,60)61)63-26-38(71)65-37(23-29-21-30(52)24-31(53)22-29)41-34(10-9-32(64-41)13-16-47(2,3)73-4)35-11-12-36(51)40-42(35)69(27-49(56,57)58)66-45(40)70(74-5)46(72)68-19-14-33(15-20-68)67-17-7-6-8-18-67/h9-12,21-22,24,28,33,37H,6-8,14-15,17-20,23,25-27,62H2,1-5H3,(H,65,71)/t28-,37?/m0/s1. The van der Waals surface area contributed by atoms with Gasteiger partial charge in [0.25, 0.3) is 5.92 Å². The summed E-state index contributed by atoms with van der Waals surface area (Å²) < 4.78 is 147. The van der Waals surface area contributed by atoms with Gasteiger partial charge in [0, 0.05) is 54.6 Å². The average Bonchev–Trinajstić information content (AvgIpc) is 3.80. The molecule has 400 valence electrons. The van der Waals surface area contributed by atoms with Crippen LogP contribution in [-0.2, 0) is 17.8 Å². The molecule has 7 rings (SSSR count). The summed E-state index contributed by atoms with van der Waals surface area (Å²) >= 11 is 9.22. The van der Waals surface area contributed by atoms with Gasteiger partial charge in [0.1, 0.15) is 41.8 Å². The number of urea groups is 1. The highest BCUT2D eigenvalue weighted by Gasteiger charge is 2.52. The van der Waals surface area contributed by atoms with Crippen molar-refractivity contribution in [3.63, 3.8) is 0 Å². The highest BCUT2D eigenvalue weighted by Crippen LogP contribution is 2.45. The van der Waals surface area contributed by atoms with E-state index in [0.29, 0.717) is 36.7 Å². The van der Waals surface area contributed by atoms with E-state index >= 15 is 8.78 Å². The summed E-state index contributed by atoms with van der Waals surface area (Å²) in [4.78, 5) is 41.0. The number of nitrogens with two attached hydrogens (primary N) is 1. The number of benzene rings is 2. The molecule has 1 unspecified atom stereocenters. The summed E-state index contributed by atoms with van der Waals surface area (Å²) in [5.41, 5.74) is 0.790. The number of carbonyl (C=O) groups is 2. The van der Waals surface area contributed by atoms with Gasteiger partial charge in [0.05, 0.1) is 32.4 Å². The molecule has 3 amide bonds. The fourth-order valence-corrected chi connectivity index (χ4v) is 10.6. The predicted octanol–water partition coefficient (Wildman–Crippen LogP) is 11.5. The van der Waals surface area contributed by atoms with E-state index in [1.165, 1.54) is 40.3 Å². The number of nitrogens with one attached hydrogen (secondary N) is 1. The third-order valence-electron chi connectivity index (χ3n) is 13.2. The maximum absolute atomic E-state index is 15.3. The first-order valence-electron chi connectivity index (χ1n) is 23.7. The van der Waals surface area contributed by atoms with Crippen molar-refractivity contribution in [1.29, 1.82) is 0 Å². The zero-order valence-electron chi connectivity index (χ0n) is 41.0. The Hall–Kier alpha value is -5.18. The van der Waals surface area contributed by atoms with Crippen LogP contribution in [0, 0.1) is 29.4 Å². The van der Waals surface area contributed by atoms with E-state index < -0.39 is 101 Å². The number of likely N-dealkylation sites (tertiary alicyclic amines) is 2. The van der Waals surface area contributed by atoms with E-state index in [1.807, 2.05) is 20.1 Å². The van der Waals surface area contributed by atoms with Gasteiger partial charge >= 0.3 is 18.4 Å². The number of thioether (sulfide) groups is 1. The highest BCUT2D eigenvalue weighted by atomic mass is 35.5. The number of aromatic nitrogens is 3. The maximum Gasteiger partial charge on any atom is 0.431 e. The summed E-state index contributed by atoms with van der Waals surface area (Å²) in [6, 6.07) is 6.33. The average molecular weight is 1100 g/mol. The minimum absolute atomic E-state index is 0.00541. The SMILES string of the molecule is CSN(C(=O)N1CCC(N2CCCCC2)CC1)c1nn(CC(F)(F)F)c2c(-c3ccc(C#CC(C)(C)SC)nc3C(Cc3cc(F)cc(F)c3)NC(=O)CN=C3C(=C(N)C(F)(F)F)[C@@H](C)CC3(F)F)ccc(Cl)c12. The van der Waals surface area contributed by atoms with Gasteiger partial charge in [0.15, 0.2) is 5.82 Å². The maximum atomic E-state index is 15.3. The Labute approximate surface area is 435 Å². The lowest BCUT2D eigenvalue weighted by molar-refractivity contribution is -0.141. The lowest BCUT2D eigenvalue weighted by Crippen LogP contribution is -2.50. The molecule has 1 aliphatic carbocycles. The van der Waals surface area contributed by atoms with Crippen LogP contribution in [0.1, 0.15) is 82.3 Å². The van der Waals surface area contributed by atoms with Crippen LogP contribution in [0.25, 0.3) is 22.0 Å². The Balaban J connectivity index is 1.38. The monoisotopic (exact) mass is 1100 g/mol. The summed E-state index contributed by atoms with van der Waals surface area (Å²) in [5, 5.41) is 6.84. The fourth-order valence-electron chi connectivity index (χ4n) is 9.63. The van der Waals surface area contributed by atoms with Crippen LogP contribution < -0.4 is 15.4 Å². The predicted molar refractivity (Wildman–Crippen MR) is 269 cm³/mol. The number of halogens is 11. The number of amides is 3. The molecule has 0 radical (unpaired) electrons. The van der Waals surface area contributed by atoms with Gasteiger partial charge in [0.2, 0.25) is 5.91 Å². The third kappa shape index (κ3) is 13.1. The number of pyridine rings is 1. The molecular formula is C50H54ClF10N9O2S2. The van der Waals surface area contributed by atoms with Gasteiger partial charge in [-0.25, -0.2) is 22.9 Å². The smallest absolute Gasteiger partial charge is 0.394 e. The minimum atomic E-state index is -5.21. The number of piperidine rings is 2. The molecule has 4 aromatic rings. The summed E-state index contributed by atoms with van der Waals surface area (Å²) in [7, 11) is 0. The molecule has 2 aromatic carbocycles. The number of nitrogens with zero attached hydrogens (tertiary/aromatic N) is 7. The second-order valence-electron chi connectivity index (χ2n) is 19.0. The summed E-state index contributed by atoms with van der Waals surface area (Å²) in [6.45, 7) is 4.59. The lowest BCUT2D eigenvalue weighted by Gasteiger charge is -2.40. The van der Waals surface area contributed by atoms with Crippen molar-refractivity contribution in [1.82, 2.24) is 29.9 Å². The Kier molecular flexibility index (Phi) is 17.2. The van der Waals surface area contributed by atoms with Crippen LogP contribution in [0.2, 0.25) is 5.02 Å². The Bertz CT molecular complexity index is 2860. The molecular weight excluding hydrogens is 1050 g/mol. The van der Waals surface area contributed by atoms with Gasteiger partial charge in [-0.1, -0.05) is 36.9 Å². The van der Waals surface area contributed by atoms with E-state index in [-0.39, 0.29) is 55.9 Å². The Morgan fingerprint density at radius 3 is 2.23 bits per heavy atom. The summed E-state index contributed by atoms with van der Waals surface area (Å²) in [6.07, 6.45) is -3.58. The third-order valence-corrected chi connectivity index (χ3v) is 15.4. The number of carbonyl (C=O) groups excluding carboxylic acids is 2. The zero-order chi connectivity index (χ0) is 54.1. The van der Waals surface area contributed by atoms with Crippen molar-refractivity contribution >= 4 is 69.7 Å². The topological polar surface area (TPSA) is 125 Å². The van der Waals surface area contributed by atoms with Gasteiger partial charge in [-0.15, -0.1) is 11.8 Å². The molecule has 2 atom stereocenters. The van der Waals surface area contributed by atoms with Gasteiger partial charge < -0.3 is 20.9 Å². The van der Waals surface area contributed by atoms with Crippen LogP contribution in [0.4, 0.5) is 54.5 Å². The van der Waals surface area contributed by atoms with Crippen LogP contribution in [0.5, 0.6) is 0 Å². The Morgan fingerprint density at radius 1 is 0.973 bits per heavy atom. The normalized spacial score (nSPS) is 19.6. The van der Waals surface area contributed by atoms with E-state index in [2.05, 4.69) is 32.1 Å². The first-order valence-corrected chi connectivity index (χ1v) is 26.5. The quantitative estimate of drug-likeness (QED) is 0.0816. The molecule has 0 spiro atoms. The highest BCUT2D eigenvalue weighted by molar-refractivity contribution is 8.00. The molecule has 1 saturated carbocycles. The molecule has 2 saturated heterocycles. The number of fused-ring (bicyclic) bond motifs is 1. The number of aliphatic imine (C=N–C) groups is 1. The largest absolute Gasteiger partial charge is 0.431 e. The molecule has 3 N–H and O–H groups in total. The molecule has 2 aliphatic heterocycles. The molecule has 2 aromatic heterocycles. The number of hydrogen-bond donors (Lipinski definition) is 2. The van der Waals surface area contributed by atoms with Crippen molar-refractivity contribution < 1.29 is 53.5 Å². The van der Waals surface area contributed by atoms with Crippen molar-refractivity contribution in [2.75, 3.05) is 49.5 Å². The fraction of sp³-hybridized carbons (Fsp3) is 0.500. The van der Waals surface area contributed by atoms with Crippen LogP contribution in [0.3, 0.4) is 0 Å². The second kappa shape index (κ2) is 22.6. The number of rotatable bonds is 12. The van der Waals surface area contributed by atoms with Crippen molar-refractivity contribution in [2.45, 2.75) is 107 Å². The van der Waals surface area contributed by atoms with Crippen molar-refractivity contribution in [2.24, 2.45) is 16.6 Å². The lowest BCUT2D eigenvalue weighted by atomic mass is 9.93. The van der Waals surface area contributed by atoms with E-state index in [1.54, 1.807) is 11.2 Å². The zero-order valence-corrected chi connectivity index (χ0v) is 43.4. The van der Waals surface area contributed by atoms with Gasteiger partial charge in [-0.3, -0.25) is 14.5 Å².